The van der Waals surface area contributed by atoms with Gasteiger partial charge in [0.05, 0.1) is 0 Å². The minimum Gasteiger partial charge on any atom is -0.423 e. The molecule has 0 amide bonds. The van der Waals surface area contributed by atoms with Gasteiger partial charge in [0, 0.05) is 0 Å². The highest BCUT2D eigenvalue weighted by molar-refractivity contribution is 6.58. The lowest BCUT2D eigenvalue weighted by Crippen LogP contribution is -2.29. The topological polar surface area (TPSA) is 40.5 Å². The molecule has 0 saturated heterocycles. The highest BCUT2D eigenvalue weighted by Gasteiger charge is 2.13. The van der Waals surface area contributed by atoms with Crippen LogP contribution in [0, 0.1) is 0 Å². The van der Waals surface area contributed by atoms with Crippen molar-refractivity contribution in [3.05, 3.63) is 110 Å². The molecule has 3 aromatic carbocycles. The van der Waals surface area contributed by atoms with Crippen molar-refractivity contribution in [1.82, 2.24) is 0 Å². The molecule has 3 rings (SSSR count). The number of benzene rings is 3. The monoisotopic (exact) mass is 352 g/mol. The molecule has 0 aliphatic carbocycles. The maximum atomic E-state index is 9.50. The zero-order valence-corrected chi connectivity index (χ0v) is 15.0. The summed E-state index contributed by atoms with van der Waals surface area (Å²) in [4.78, 5) is 0. The number of hydrogen-bond donors (Lipinski definition) is 2. The predicted octanol–water partition coefficient (Wildman–Crippen LogP) is 4.46. The van der Waals surface area contributed by atoms with Gasteiger partial charge in [0.15, 0.2) is 0 Å². The highest BCUT2D eigenvalue weighted by Crippen LogP contribution is 2.31. The normalized spacial score (nSPS) is 11.1. The molecule has 0 unspecified atom stereocenters. The Labute approximate surface area is 160 Å². The molecule has 0 heterocycles. The van der Waals surface area contributed by atoms with Crippen LogP contribution in [0.15, 0.2) is 104 Å². The van der Waals surface area contributed by atoms with Gasteiger partial charge in [-0.2, -0.15) is 0 Å². The molecule has 0 saturated carbocycles. The fraction of sp³-hybridized carbons (Fsp3) is 0. The van der Waals surface area contributed by atoms with Gasteiger partial charge >= 0.3 is 7.12 Å². The van der Waals surface area contributed by atoms with Crippen molar-refractivity contribution in [1.29, 1.82) is 0 Å². The Bertz CT molecular complexity index is 988. The maximum Gasteiger partial charge on any atom is 0.488 e. The predicted molar refractivity (Wildman–Crippen MR) is 116 cm³/mol. The highest BCUT2D eigenvalue weighted by atomic mass is 16.4. The molecule has 0 aromatic heterocycles. The lowest BCUT2D eigenvalue weighted by molar-refractivity contribution is 0.426. The van der Waals surface area contributed by atoms with E-state index in [0.29, 0.717) is 5.46 Å². The quantitative estimate of drug-likeness (QED) is 0.508. The second-order valence-corrected chi connectivity index (χ2v) is 6.23. The van der Waals surface area contributed by atoms with Gasteiger partial charge in [-0.1, -0.05) is 86.0 Å². The zero-order valence-electron chi connectivity index (χ0n) is 15.0. The van der Waals surface area contributed by atoms with Gasteiger partial charge < -0.3 is 10.0 Å². The molecule has 0 aliphatic heterocycles. The third-order valence-electron chi connectivity index (χ3n) is 4.41. The van der Waals surface area contributed by atoms with Crippen LogP contribution in [0.4, 0.5) is 0 Å². The summed E-state index contributed by atoms with van der Waals surface area (Å²) < 4.78 is 0. The van der Waals surface area contributed by atoms with E-state index in [-0.39, 0.29) is 0 Å². The average Bonchev–Trinajstić information content (AvgIpc) is 2.72. The standard InChI is InChI=1S/C24H21BO2/c1-3-9-18(4-2)21-14-22(19-10-6-5-7-11-19)16-23(15-21)20-12-8-13-24(17-20)25(26)27/h3-17,26-27H,1-2H2/b18-9+. The summed E-state index contributed by atoms with van der Waals surface area (Å²) in [5.74, 6) is 0. The van der Waals surface area contributed by atoms with E-state index in [9.17, 15) is 10.0 Å². The van der Waals surface area contributed by atoms with Crippen LogP contribution in [0.2, 0.25) is 0 Å². The smallest absolute Gasteiger partial charge is 0.423 e. The number of allylic oxidation sites excluding steroid dienone is 4. The fourth-order valence-electron chi connectivity index (χ4n) is 3.05. The fourth-order valence-corrected chi connectivity index (χ4v) is 3.05. The van der Waals surface area contributed by atoms with Gasteiger partial charge in [0.1, 0.15) is 0 Å². The molecule has 3 aromatic rings. The Balaban J connectivity index is 2.21. The second-order valence-electron chi connectivity index (χ2n) is 6.23. The van der Waals surface area contributed by atoms with E-state index in [2.05, 4.69) is 43.5 Å². The van der Waals surface area contributed by atoms with Crippen LogP contribution in [-0.2, 0) is 0 Å². The van der Waals surface area contributed by atoms with E-state index in [1.165, 1.54) is 0 Å². The molecular formula is C24H21BO2. The minimum absolute atomic E-state index is 0.463. The second kappa shape index (κ2) is 8.50. The summed E-state index contributed by atoms with van der Waals surface area (Å²) in [5.41, 5.74) is 6.56. The van der Waals surface area contributed by atoms with Crippen LogP contribution in [0.1, 0.15) is 5.56 Å². The third-order valence-corrected chi connectivity index (χ3v) is 4.41. The van der Waals surface area contributed by atoms with Crippen LogP contribution in [0.5, 0.6) is 0 Å². The largest absolute Gasteiger partial charge is 0.488 e. The van der Waals surface area contributed by atoms with Gasteiger partial charge in [0.2, 0.25) is 0 Å². The molecule has 0 fully saturated rings. The third kappa shape index (κ3) is 4.34. The van der Waals surface area contributed by atoms with Crippen LogP contribution in [0.3, 0.4) is 0 Å². The van der Waals surface area contributed by atoms with E-state index < -0.39 is 7.12 Å². The van der Waals surface area contributed by atoms with E-state index in [0.717, 1.165) is 33.4 Å². The lowest BCUT2D eigenvalue weighted by Gasteiger charge is -2.12. The van der Waals surface area contributed by atoms with Crippen molar-refractivity contribution in [3.8, 4) is 22.3 Å². The number of hydrogen-bond acceptors (Lipinski definition) is 2. The van der Waals surface area contributed by atoms with Gasteiger partial charge in [-0.05, 0) is 57.1 Å². The van der Waals surface area contributed by atoms with Crippen LogP contribution in [0.25, 0.3) is 27.8 Å². The molecule has 2 nitrogen and oxygen atoms in total. The maximum absolute atomic E-state index is 9.50. The summed E-state index contributed by atoms with van der Waals surface area (Å²) in [7, 11) is -1.49. The summed E-state index contributed by atoms with van der Waals surface area (Å²) in [6.45, 7) is 7.70. The van der Waals surface area contributed by atoms with Crippen molar-refractivity contribution in [2.75, 3.05) is 0 Å². The van der Waals surface area contributed by atoms with Gasteiger partial charge in [-0.3, -0.25) is 0 Å². The molecule has 0 spiro atoms. The van der Waals surface area contributed by atoms with Crippen molar-refractivity contribution in [2.24, 2.45) is 0 Å². The first-order valence-corrected chi connectivity index (χ1v) is 8.75. The molecule has 0 bridgehead atoms. The first kappa shape index (κ1) is 18.6. The van der Waals surface area contributed by atoms with E-state index in [4.69, 9.17) is 0 Å². The van der Waals surface area contributed by atoms with Crippen LogP contribution < -0.4 is 5.46 Å². The lowest BCUT2D eigenvalue weighted by atomic mass is 9.79. The molecule has 3 heteroatoms. The molecule has 27 heavy (non-hydrogen) atoms. The molecule has 2 N–H and O–H groups in total. The summed E-state index contributed by atoms with van der Waals surface area (Å²) >= 11 is 0. The van der Waals surface area contributed by atoms with Crippen molar-refractivity contribution >= 4 is 18.2 Å². The first-order chi connectivity index (χ1) is 13.1. The van der Waals surface area contributed by atoms with Crippen LogP contribution >= 0.6 is 0 Å². The average molecular weight is 352 g/mol. The van der Waals surface area contributed by atoms with Crippen molar-refractivity contribution < 1.29 is 10.0 Å². The Kier molecular flexibility index (Phi) is 5.87. The molecule has 0 aliphatic rings. The van der Waals surface area contributed by atoms with E-state index in [1.54, 1.807) is 18.2 Å². The summed E-state index contributed by atoms with van der Waals surface area (Å²) in [5, 5.41) is 19.0. The van der Waals surface area contributed by atoms with E-state index >= 15 is 0 Å². The van der Waals surface area contributed by atoms with E-state index in [1.807, 2.05) is 42.5 Å². The van der Waals surface area contributed by atoms with Crippen molar-refractivity contribution in [2.45, 2.75) is 0 Å². The summed E-state index contributed by atoms with van der Waals surface area (Å²) in [6, 6.07) is 23.8. The Morgan fingerprint density at radius 2 is 1.41 bits per heavy atom. The molecule has 132 valence electrons. The summed E-state index contributed by atoms with van der Waals surface area (Å²) in [6.07, 6.45) is 5.48. The van der Waals surface area contributed by atoms with Gasteiger partial charge in [-0.25, -0.2) is 0 Å². The Hall–Kier alpha value is -3.14. The van der Waals surface area contributed by atoms with Gasteiger partial charge in [-0.15, -0.1) is 0 Å². The Morgan fingerprint density at radius 3 is 2.04 bits per heavy atom. The first-order valence-electron chi connectivity index (χ1n) is 8.75. The van der Waals surface area contributed by atoms with Crippen molar-refractivity contribution in [3.63, 3.8) is 0 Å². The molecular weight excluding hydrogens is 331 g/mol. The van der Waals surface area contributed by atoms with Gasteiger partial charge in [0.25, 0.3) is 0 Å². The van der Waals surface area contributed by atoms with Crippen LogP contribution in [-0.4, -0.2) is 17.2 Å². The Morgan fingerprint density at radius 1 is 0.741 bits per heavy atom. The molecule has 0 radical (unpaired) electrons. The zero-order chi connectivity index (χ0) is 19.2. The number of rotatable bonds is 6. The minimum atomic E-state index is -1.49. The SMILES string of the molecule is C=C/C=C(\C=C)c1cc(-c2ccccc2)cc(-c2cccc(B(O)O)c2)c1. The molecule has 0 atom stereocenters.